The number of hydrogen-bond donors (Lipinski definition) is 2. The summed E-state index contributed by atoms with van der Waals surface area (Å²) in [5, 5.41) is 6.54. The van der Waals surface area contributed by atoms with Gasteiger partial charge in [-0.1, -0.05) is 0 Å². The average Bonchev–Trinajstić information content (AvgIpc) is 2.43. The van der Waals surface area contributed by atoms with Crippen molar-refractivity contribution < 1.29 is 9.13 Å². The first-order valence-electron chi connectivity index (χ1n) is 6.06. The number of ether oxygens (including phenoxy) is 1. The molecule has 20 heavy (non-hydrogen) atoms. The molecule has 0 saturated heterocycles. The van der Waals surface area contributed by atoms with Crippen LogP contribution in [0.1, 0.15) is 5.56 Å². The number of aryl methyl sites for hydroxylation is 1. The van der Waals surface area contributed by atoms with Crippen LogP contribution < -0.4 is 15.4 Å². The smallest absolute Gasteiger partial charge is 0.175 e. The van der Waals surface area contributed by atoms with Gasteiger partial charge in [-0.05, 0) is 67.2 Å². The Labute approximate surface area is 122 Å². The van der Waals surface area contributed by atoms with Crippen molar-refractivity contribution in [1.29, 1.82) is 0 Å². The number of halogens is 1. The Kier molecular flexibility index (Phi) is 4.53. The molecule has 0 bridgehead atoms. The molecule has 2 aromatic carbocycles. The summed E-state index contributed by atoms with van der Waals surface area (Å²) in [5.41, 5.74) is 2.42. The van der Waals surface area contributed by atoms with Gasteiger partial charge in [0.05, 0.1) is 7.11 Å². The number of methoxy groups -OCH3 is 1. The molecule has 0 aliphatic rings. The number of nitrogens with one attached hydrogen (secondary N) is 2. The lowest BCUT2D eigenvalue weighted by molar-refractivity contribution is 0.415. The highest BCUT2D eigenvalue weighted by atomic mass is 32.1. The third-order valence-electron chi connectivity index (χ3n) is 2.78. The topological polar surface area (TPSA) is 33.3 Å². The van der Waals surface area contributed by atoms with Crippen molar-refractivity contribution in [2.75, 3.05) is 17.7 Å². The first-order chi connectivity index (χ1) is 9.58. The Balaban J connectivity index is 2.01. The molecule has 0 heterocycles. The van der Waals surface area contributed by atoms with Crippen LogP contribution in [0.25, 0.3) is 0 Å². The van der Waals surface area contributed by atoms with Crippen molar-refractivity contribution >= 4 is 28.7 Å². The maximum atomic E-state index is 13.0. The van der Waals surface area contributed by atoms with E-state index in [1.807, 2.05) is 31.2 Å². The van der Waals surface area contributed by atoms with Gasteiger partial charge in [0.25, 0.3) is 0 Å². The summed E-state index contributed by atoms with van der Waals surface area (Å²) in [6, 6.07) is 11.9. The predicted octanol–water partition coefficient (Wildman–Crippen LogP) is 3.95. The van der Waals surface area contributed by atoms with E-state index in [0.29, 0.717) is 5.11 Å². The van der Waals surface area contributed by atoms with Gasteiger partial charge in [0.2, 0.25) is 0 Å². The molecule has 104 valence electrons. The largest absolute Gasteiger partial charge is 0.497 e. The van der Waals surface area contributed by atoms with Gasteiger partial charge in [-0.25, -0.2) is 4.39 Å². The molecule has 0 spiro atoms. The zero-order valence-corrected chi connectivity index (χ0v) is 12.1. The average molecular weight is 290 g/mol. The number of hydrogen-bond acceptors (Lipinski definition) is 2. The second-order valence-corrected chi connectivity index (χ2v) is 4.68. The fourth-order valence-corrected chi connectivity index (χ4v) is 1.95. The standard InChI is InChI=1S/C15H15FN2OS/c1-10-9-11(16)3-8-14(10)18-15(20)17-12-4-6-13(19-2)7-5-12/h3-9H,1-2H3,(H2,17,18,20). The van der Waals surface area contributed by atoms with Crippen molar-refractivity contribution in [3.05, 3.63) is 53.8 Å². The van der Waals surface area contributed by atoms with E-state index in [0.717, 1.165) is 22.7 Å². The lowest BCUT2D eigenvalue weighted by Crippen LogP contribution is -2.19. The van der Waals surface area contributed by atoms with E-state index in [1.54, 1.807) is 13.2 Å². The second-order valence-electron chi connectivity index (χ2n) is 4.27. The highest BCUT2D eigenvalue weighted by Crippen LogP contribution is 2.18. The Hall–Kier alpha value is -2.14. The van der Waals surface area contributed by atoms with Gasteiger partial charge >= 0.3 is 0 Å². The van der Waals surface area contributed by atoms with E-state index in [4.69, 9.17) is 17.0 Å². The van der Waals surface area contributed by atoms with Crippen LogP contribution in [0.15, 0.2) is 42.5 Å². The van der Waals surface area contributed by atoms with Crippen LogP contribution in [0, 0.1) is 12.7 Å². The fourth-order valence-electron chi connectivity index (χ4n) is 1.73. The van der Waals surface area contributed by atoms with Crippen LogP contribution in [0.4, 0.5) is 15.8 Å². The lowest BCUT2D eigenvalue weighted by atomic mass is 10.2. The van der Waals surface area contributed by atoms with Gasteiger partial charge in [0, 0.05) is 11.4 Å². The van der Waals surface area contributed by atoms with Gasteiger partial charge in [0.1, 0.15) is 11.6 Å². The quantitative estimate of drug-likeness (QED) is 0.839. The Bertz CT molecular complexity index is 614. The minimum absolute atomic E-state index is 0.262. The molecule has 3 nitrogen and oxygen atoms in total. The Morgan fingerprint density at radius 1 is 1.10 bits per heavy atom. The van der Waals surface area contributed by atoms with Gasteiger partial charge in [0.15, 0.2) is 5.11 Å². The van der Waals surface area contributed by atoms with Crippen LogP contribution >= 0.6 is 12.2 Å². The highest BCUT2D eigenvalue weighted by Gasteiger charge is 2.03. The van der Waals surface area contributed by atoms with Crippen molar-refractivity contribution in [3.8, 4) is 5.75 Å². The maximum Gasteiger partial charge on any atom is 0.175 e. The summed E-state index contributed by atoms with van der Waals surface area (Å²) in [6.45, 7) is 1.82. The van der Waals surface area contributed by atoms with Gasteiger partial charge in [-0.15, -0.1) is 0 Å². The third kappa shape index (κ3) is 3.68. The summed E-state index contributed by atoms with van der Waals surface area (Å²) in [5.74, 6) is 0.519. The molecule has 0 aromatic heterocycles. The summed E-state index contributed by atoms with van der Waals surface area (Å²) >= 11 is 5.22. The molecular formula is C15H15FN2OS. The monoisotopic (exact) mass is 290 g/mol. The van der Waals surface area contributed by atoms with E-state index in [-0.39, 0.29) is 5.82 Å². The molecule has 2 rings (SSSR count). The van der Waals surface area contributed by atoms with Crippen LogP contribution in [-0.2, 0) is 0 Å². The molecule has 0 aliphatic carbocycles. The van der Waals surface area contributed by atoms with E-state index in [2.05, 4.69) is 10.6 Å². The van der Waals surface area contributed by atoms with Gasteiger partial charge in [-0.3, -0.25) is 0 Å². The maximum absolute atomic E-state index is 13.0. The minimum atomic E-state index is -0.262. The van der Waals surface area contributed by atoms with E-state index >= 15 is 0 Å². The van der Waals surface area contributed by atoms with Crippen LogP contribution in [0.2, 0.25) is 0 Å². The molecule has 0 atom stereocenters. The molecule has 5 heteroatoms. The van der Waals surface area contributed by atoms with Crippen molar-refractivity contribution in [1.82, 2.24) is 0 Å². The van der Waals surface area contributed by atoms with E-state index in [9.17, 15) is 4.39 Å². The Morgan fingerprint density at radius 3 is 2.40 bits per heavy atom. The fraction of sp³-hybridized carbons (Fsp3) is 0.133. The molecule has 0 unspecified atom stereocenters. The zero-order chi connectivity index (χ0) is 14.5. The van der Waals surface area contributed by atoms with E-state index in [1.165, 1.54) is 12.1 Å². The molecule has 0 saturated carbocycles. The molecule has 0 radical (unpaired) electrons. The van der Waals surface area contributed by atoms with E-state index < -0.39 is 0 Å². The van der Waals surface area contributed by atoms with Crippen LogP contribution in [0.3, 0.4) is 0 Å². The number of anilines is 2. The normalized spacial score (nSPS) is 9.95. The first-order valence-corrected chi connectivity index (χ1v) is 6.47. The first kappa shape index (κ1) is 14.3. The molecule has 0 amide bonds. The minimum Gasteiger partial charge on any atom is -0.497 e. The summed E-state index contributed by atoms with van der Waals surface area (Å²) in [6.07, 6.45) is 0. The van der Waals surface area contributed by atoms with Crippen molar-refractivity contribution in [3.63, 3.8) is 0 Å². The number of rotatable bonds is 3. The van der Waals surface area contributed by atoms with Gasteiger partial charge in [-0.2, -0.15) is 0 Å². The molecule has 2 aromatic rings. The summed E-state index contributed by atoms with van der Waals surface area (Å²) < 4.78 is 18.1. The Morgan fingerprint density at radius 2 is 1.80 bits per heavy atom. The number of benzene rings is 2. The second kappa shape index (κ2) is 6.34. The summed E-state index contributed by atoms with van der Waals surface area (Å²) in [7, 11) is 1.62. The van der Waals surface area contributed by atoms with Crippen molar-refractivity contribution in [2.45, 2.75) is 6.92 Å². The van der Waals surface area contributed by atoms with Crippen LogP contribution in [-0.4, -0.2) is 12.2 Å². The zero-order valence-electron chi connectivity index (χ0n) is 11.2. The van der Waals surface area contributed by atoms with Crippen LogP contribution in [0.5, 0.6) is 5.75 Å². The van der Waals surface area contributed by atoms with Gasteiger partial charge < -0.3 is 15.4 Å². The molecular weight excluding hydrogens is 275 g/mol. The summed E-state index contributed by atoms with van der Waals surface area (Å²) in [4.78, 5) is 0. The molecule has 0 aliphatic heterocycles. The highest BCUT2D eigenvalue weighted by molar-refractivity contribution is 7.80. The molecule has 0 fully saturated rings. The SMILES string of the molecule is COc1ccc(NC(=S)Nc2ccc(F)cc2C)cc1. The predicted molar refractivity (Wildman–Crippen MR) is 84.0 cm³/mol. The van der Waals surface area contributed by atoms with Crippen molar-refractivity contribution in [2.24, 2.45) is 0 Å². The lowest BCUT2D eigenvalue weighted by Gasteiger charge is -2.12. The third-order valence-corrected chi connectivity index (χ3v) is 2.99. The number of thiocarbonyl (C=S) groups is 1. The molecule has 2 N–H and O–H groups in total.